The molecule has 0 bridgehead atoms. The fourth-order valence-corrected chi connectivity index (χ4v) is 0.779. The van der Waals surface area contributed by atoms with E-state index in [1.54, 1.807) is 13.2 Å². The summed E-state index contributed by atoms with van der Waals surface area (Å²) in [4.78, 5) is 9.17. The molecule has 0 fully saturated rings. The van der Waals surface area contributed by atoms with Crippen LogP contribution in [0.2, 0.25) is 0 Å². The van der Waals surface area contributed by atoms with Gasteiger partial charge in [-0.15, -0.1) is 5.10 Å². The molecule has 0 aliphatic heterocycles. The molecule has 0 N–H and O–H groups in total. The van der Waals surface area contributed by atoms with Gasteiger partial charge in [-0.3, -0.25) is 0 Å². The zero-order chi connectivity index (χ0) is 8.97. The summed E-state index contributed by atoms with van der Waals surface area (Å²) in [5, 5.41) is 7.96. The molecular formula is C7H11N5. The number of fused-ring (bicyclic) bond motifs is 1. The summed E-state index contributed by atoms with van der Waals surface area (Å²) < 4.78 is 0. The molecule has 5 nitrogen and oxygen atoms in total. The summed E-state index contributed by atoms with van der Waals surface area (Å²) in [6.45, 7) is 4.00. The largest absolute Gasteiger partial charge is 0.242 e. The van der Waals surface area contributed by atoms with Gasteiger partial charge in [0.2, 0.25) is 5.65 Å². The summed E-state index contributed by atoms with van der Waals surface area (Å²) >= 11 is 0. The van der Waals surface area contributed by atoms with Crippen molar-refractivity contribution < 1.29 is 0 Å². The second kappa shape index (κ2) is 3.75. The van der Waals surface area contributed by atoms with E-state index in [0.717, 1.165) is 5.52 Å². The van der Waals surface area contributed by atoms with Gasteiger partial charge < -0.3 is 0 Å². The Kier molecular flexibility index (Phi) is 2.68. The van der Waals surface area contributed by atoms with Gasteiger partial charge in [0.1, 0.15) is 11.8 Å². The van der Waals surface area contributed by atoms with E-state index in [0.29, 0.717) is 5.65 Å². The van der Waals surface area contributed by atoms with Gasteiger partial charge in [-0.2, -0.15) is 9.90 Å². The van der Waals surface area contributed by atoms with Crippen molar-refractivity contribution in [2.24, 2.45) is 7.05 Å². The Balaban J connectivity index is 0.000000336. The molecule has 0 unspecified atom stereocenters. The van der Waals surface area contributed by atoms with Crippen LogP contribution in [-0.2, 0) is 7.05 Å². The highest BCUT2D eigenvalue weighted by Crippen LogP contribution is 1.99. The summed E-state index contributed by atoms with van der Waals surface area (Å²) in [6, 6.07) is 0. The smallest absolute Gasteiger partial charge is 0.204 e. The Bertz CT molecular complexity index is 320. The Morgan fingerprint density at radius 1 is 1.25 bits per heavy atom. The van der Waals surface area contributed by atoms with E-state index >= 15 is 0 Å². The molecule has 2 aromatic heterocycles. The van der Waals surface area contributed by atoms with Gasteiger partial charge in [0.05, 0.1) is 6.20 Å². The Morgan fingerprint density at radius 2 is 2.00 bits per heavy atom. The highest BCUT2D eigenvalue weighted by atomic mass is 15.5. The van der Waals surface area contributed by atoms with Crippen molar-refractivity contribution in [2.45, 2.75) is 13.8 Å². The minimum absolute atomic E-state index is 0.637. The molecule has 0 saturated heterocycles. The highest BCUT2D eigenvalue weighted by molar-refractivity contribution is 5.66. The standard InChI is InChI=1S/C5H5N5.C2H6/c1-10-8-4-2-6-3-7-5(4)9-10;1-2/h2-3H,1H3;1-2H3. The first kappa shape index (κ1) is 8.58. The van der Waals surface area contributed by atoms with Crippen LogP contribution in [0.25, 0.3) is 11.2 Å². The molecule has 12 heavy (non-hydrogen) atoms. The molecule has 0 radical (unpaired) electrons. The van der Waals surface area contributed by atoms with Crippen molar-refractivity contribution >= 4 is 11.2 Å². The van der Waals surface area contributed by atoms with Gasteiger partial charge in [-0.05, 0) is 0 Å². The zero-order valence-corrected chi connectivity index (χ0v) is 7.39. The lowest BCUT2D eigenvalue weighted by Gasteiger charge is -1.77. The number of rotatable bonds is 0. The third-order valence-electron chi connectivity index (χ3n) is 1.16. The fraction of sp³-hybridized carbons (Fsp3) is 0.429. The average molecular weight is 165 g/mol. The summed E-state index contributed by atoms with van der Waals surface area (Å²) in [7, 11) is 1.75. The maximum absolute atomic E-state index is 3.99. The monoisotopic (exact) mass is 165 g/mol. The van der Waals surface area contributed by atoms with E-state index in [2.05, 4.69) is 20.2 Å². The van der Waals surface area contributed by atoms with E-state index in [1.807, 2.05) is 13.8 Å². The highest BCUT2D eigenvalue weighted by Gasteiger charge is 1.97. The van der Waals surface area contributed by atoms with Crippen molar-refractivity contribution in [3.8, 4) is 0 Å². The normalized spacial score (nSPS) is 9.25. The van der Waals surface area contributed by atoms with E-state index in [1.165, 1.54) is 11.1 Å². The van der Waals surface area contributed by atoms with E-state index < -0.39 is 0 Å². The maximum Gasteiger partial charge on any atom is 0.204 e. The van der Waals surface area contributed by atoms with Crippen LogP contribution in [0.4, 0.5) is 0 Å². The van der Waals surface area contributed by atoms with Gasteiger partial charge in [0.25, 0.3) is 0 Å². The molecule has 0 aliphatic rings. The molecule has 0 spiro atoms. The minimum atomic E-state index is 0.637. The molecule has 64 valence electrons. The van der Waals surface area contributed by atoms with Crippen LogP contribution < -0.4 is 0 Å². The van der Waals surface area contributed by atoms with Gasteiger partial charge in [-0.1, -0.05) is 13.8 Å². The third-order valence-corrected chi connectivity index (χ3v) is 1.16. The topological polar surface area (TPSA) is 56.5 Å². The summed E-state index contributed by atoms with van der Waals surface area (Å²) in [5.41, 5.74) is 1.36. The predicted molar refractivity (Wildman–Crippen MR) is 45.4 cm³/mol. The number of aromatic nitrogens is 5. The van der Waals surface area contributed by atoms with Crippen molar-refractivity contribution in [1.82, 2.24) is 25.0 Å². The predicted octanol–water partition coefficient (Wildman–Crippen LogP) is 0.784. The molecule has 2 heterocycles. The summed E-state index contributed by atoms with van der Waals surface area (Å²) in [5.74, 6) is 0. The number of hydrogen-bond donors (Lipinski definition) is 0. The Morgan fingerprint density at radius 3 is 2.67 bits per heavy atom. The maximum atomic E-state index is 3.99. The minimum Gasteiger partial charge on any atom is -0.242 e. The van der Waals surface area contributed by atoms with Crippen molar-refractivity contribution in [1.29, 1.82) is 0 Å². The fourth-order valence-electron chi connectivity index (χ4n) is 0.779. The first-order valence-corrected chi connectivity index (χ1v) is 3.83. The van der Waals surface area contributed by atoms with Crippen LogP contribution in [0.1, 0.15) is 13.8 Å². The van der Waals surface area contributed by atoms with Crippen molar-refractivity contribution in [3.63, 3.8) is 0 Å². The Labute approximate surface area is 70.4 Å². The van der Waals surface area contributed by atoms with Crippen molar-refractivity contribution in [2.75, 3.05) is 0 Å². The van der Waals surface area contributed by atoms with Crippen LogP contribution in [0.15, 0.2) is 12.5 Å². The van der Waals surface area contributed by atoms with E-state index in [-0.39, 0.29) is 0 Å². The van der Waals surface area contributed by atoms with Crippen LogP contribution in [0.5, 0.6) is 0 Å². The lowest BCUT2D eigenvalue weighted by atomic mass is 10.6. The Hall–Kier alpha value is -1.52. The molecule has 5 heteroatoms. The number of hydrogen-bond acceptors (Lipinski definition) is 4. The third kappa shape index (κ3) is 1.55. The van der Waals surface area contributed by atoms with Crippen LogP contribution in [0, 0.1) is 0 Å². The second-order valence-electron chi connectivity index (χ2n) is 1.92. The van der Waals surface area contributed by atoms with Crippen LogP contribution in [-0.4, -0.2) is 25.0 Å². The average Bonchev–Trinajstić information content (AvgIpc) is 2.48. The van der Waals surface area contributed by atoms with E-state index in [4.69, 9.17) is 0 Å². The molecule has 2 aromatic rings. The second-order valence-corrected chi connectivity index (χ2v) is 1.92. The first-order valence-electron chi connectivity index (χ1n) is 3.83. The van der Waals surface area contributed by atoms with Crippen LogP contribution >= 0.6 is 0 Å². The zero-order valence-electron chi connectivity index (χ0n) is 7.39. The summed E-state index contributed by atoms with van der Waals surface area (Å²) in [6.07, 6.45) is 3.09. The SMILES string of the molecule is CC.Cn1nc2cncnc2n1. The first-order chi connectivity index (χ1) is 5.86. The molecule has 0 amide bonds. The molecule has 2 rings (SSSR count). The molecule has 0 aromatic carbocycles. The molecule has 0 saturated carbocycles. The molecule has 0 atom stereocenters. The lowest BCUT2D eigenvalue weighted by Crippen LogP contribution is -1.90. The lowest BCUT2D eigenvalue weighted by molar-refractivity contribution is 0.663. The van der Waals surface area contributed by atoms with Gasteiger partial charge in [-0.25, -0.2) is 9.97 Å². The van der Waals surface area contributed by atoms with Gasteiger partial charge >= 0.3 is 0 Å². The molecule has 0 aliphatic carbocycles. The number of aryl methyl sites for hydroxylation is 1. The number of nitrogens with zero attached hydrogens (tertiary/aromatic N) is 5. The van der Waals surface area contributed by atoms with Crippen LogP contribution in [0.3, 0.4) is 0 Å². The molecular weight excluding hydrogens is 154 g/mol. The van der Waals surface area contributed by atoms with Crippen molar-refractivity contribution in [3.05, 3.63) is 12.5 Å². The van der Waals surface area contributed by atoms with Gasteiger partial charge in [0, 0.05) is 7.05 Å². The van der Waals surface area contributed by atoms with E-state index in [9.17, 15) is 0 Å². The quantitative estimate of drug-likeness (QED) is 0.579. The van der Waals surface area contributed by atoms with Gasteiger partial charge in [0.15, 0.2) is 0 Å².